The highest BCUT2D eigenvalue weighted by Crippen LogP contribution is 2.39. The molecular formula is C15H25NO3. The monoisotopic (exact) mass is 267 g/mol. The van der Waals surface area contributed by atoms with Crippen molar-refractivity contribution in [2.45, 2.75) is 32.6 Å². The quantitative estimate of drug-likeness (QED) is 0.692. The predicted octanol–water partition coefficient (Wildman–Crippen LogP) is 3.70. The van der Waals surface area contributed by atoms with Gasteiger partial charge in [-0.2, -0.15) is 0 Å². The number of methoxy groups -OCH3 is 3. The van der Waals surface area contributed by atoms with Crippen molar-refractivity contribution in [3.8, 4) is 17.2 Å². The molecule has 0 fully saturated rings. The smallest absolute Gasteiger partial charge is 0.203 e. The van der Waals surface area contributed by atoms with Gasteiger partial charge in [-0.15, -0.1) is 0 Å². The molecule has 0 heterocycles. The summed E-state index contributed by atoms with van der Waals surface area (Å²) in [6.07, 6.45) is 4.97. The molecule has 1 aromatic rings. The molecule has 0 saturated carbocycles. The molecular weight excluding hydrogens is 242 g/mol. The number of hydrogen-bond acceptors (Lipinski definition) is 4. The molecule has 0 aliphatic heterocycles. The van der Waals surface area contributed by atoms with Crippen molar-refractivity contribution in [3.63, 3.8) is 0 Å². The molecule has 0 atom stereocenters. The predicted molar refractivity (Wildman–Crippen MR) is 78.7 cm³/mol. The molecule has 0 saturated heterocycles. The summed E-state index contributed by atoms with van der Waals surface area (Å²) in [7, 11) is 4.86. The molecule has 4 nitrogen and oxygen atoms in total. The Morgan fingerprint density at radius 2 is 1.53 bits per heavy atom. The van der Waals surface area contributed by atoms with Gasteiger partial charge in [0.1, 0.15) is 0 Å². The van der Waals surface area contributed by atoms with Gasteiger partial charge in [-0.3, -0.25) is 0 Å². The Morgan fingerprint density at radius 1 is 0.895 bits per heavy atom. The SMILES string of the molecule is CCCCCCNc1cc(OC)c(OC)c(OC)c1. The fraction of sp³-hybridized carbons (Fsp3) is 0.600. The first kappa shape index (κ1) is 15.5. The van der Waals surface area contributed by atoms with Crippen molar-refractivity contribution >= 4 is 5.69 Å². The lowest BCUT2D eigenvalue weighted by Crippen LogP contribution is -2.03. The van der Waals surface area contributed by atoms with E-state index in [-0.39, 0.29) is 0 Å². The van der Waals surface area contributed by atoms with E-state index in [2.05, 4.69) is 12.2 Å². The lowest BCUT2D eigenvalue weighted by Gasteiger charge is -2.15. The van der Waals surface area contributed by atoms with E-state index in [1.165, 1.54) is 25.7 Å². The van der Waals surface area contributed by atoms with Crippen LogP contribution in [0, 0.1) is 0 Å². The molecule has 1 aromatic carbocycles. The molecule has 19 heavy (non-hydrogen) atoms. The zero-order valence-electron chi connectivity index (χ0n) is 12.4. The fourth-order valence-electron chi connectivity index (χ4n) is 1.97. The van der Waals surface area contributed by atoms with E-state index < -0.39 is 0 Å². The maximum atomic E-state index is 5.32. The number of anilines is 1. The van der Waals surface area contributed by atoms with E-state index in [0.717, 1.165) is 12.2 Å². The molecule has 0 spiro atoms. The maximum Gasteiger partial charge on any atom is 0.203 e. The minimum absolute atomic E-state index is 0.626. The summed E-state index contributed by atoms with van der Waals surface area (Å²) >= 11 is 0. The molecule has 0 unspecified atom stereocenters. The first-order valence-corrected chi connectivity index (χ1v) is 6.80. The summed E-state index contributed by atoms with van der Waals surface area (Å²) < 4.78 is 15.9. The number of rotatable bonds is 9. The van der Waals surface area contributed by atoms with Gasteiger partial charge in [0, 0.05) is 24.4 Å². The van der Waals surface area contributed by atoms with Crippen LogP contribution in [0.25, 0.3) is 0 Å². The van der Waals surface area contributed by atoms with Crippen molar-refractivity contribution in [3.05, 3.63) is 12.1 Å². The zero-order valence-corrected chi connectivity index (χ0v) is 12.4. The molecule has 0 aliphatic rings. The van der Waals surface area contributed by atoms with Crippen LogP contribution in [0.2, 0.25) is 0 Å². The fourth-order valence-corrected chi connectivity index (χ4v) is 1.97. The number of benzene rings is 1. The Kier molecular flexibility index (Phi) is 6.93. The Labute approximate surface area is 116 Å². The number of nitrogens with one attached hydrogen (secondary N) is 1. The summed E-state index contributed by atoms with van der Waals surface area (Å²) in [6, 6.07) is 3.86. The van der Waals surface area contributed by atoms with Crippen LogP contribution in [0.1, 0.15) is 32.6 Å². The lowest BCUT2D eigenvalue weighted by molar-refractivity contribution is 0.324. The minimum atomic E-state index is 0.626. The van der Waals surface area contributed by atoms with Crippen molar-refractivity contribution in [2.24, 2.45) is 0 Å². The normalized spacial score (nSPS) is 10.1. The lowest BCUT2D eigenvalue weighted by atomic mass is 10.2. The van der Waals surface area contributed by atoms with Gasteiger partial charge >= 0.3 is 0 Å². The summed E-state index contributed by atoms with van der Waals surface area (Å²) in [5.41, 5.74) is 0.992. The van der Waals surface area contributed by atoms with Crippen LogP contribution in [0.3, 0.4) is 0 Å². The third kappa shape index (κ3) is 4.54. The Morgan fingerprint density at radius 3 is 2.00 bits per heavy atom. The van der Waals surface area contributed by atoms with Crippen molar-refractivity contribution in [1.29, 1.82) is 0 Å². The summed E-state index contributed by atoms with van der Waals surface area (Å²) in [5, 5.41) is 3.39. The van der Waals surface area contributed by atoms with Crippen LogP contribution in [-0.2, 0) is 0 Å². The molecule has 1 N–H and O–H groups in total. The Hall–Kier alpha value is -1.58. The van der Waals surface area contributed by atoms with E-state index in [1.807, 2.05) is 12.1 Å². The van der Waals surface area contributed by atoms with Crippen molar-refractivity contribution in [1.82, 2.24) is 0 Å². The Balaban J connectivity index is 2.68. The topological polar surface area (TPSA) is 39.7 Å². The largest absolute Gasteiger partial charge is 0.493 e. The van der Waals surface area contributed by atoms with Gasteiger partial charge in [0.15, 0.2) is 11.5 Å². The van der Waals surface area contributed by atoms with Gasteiger partial charge in [0.2, 0.25) is 5.75 Å². The van der Waals surface area contributed by atoms with Gasteiger partial charge < -0.3 is 19.5 Å². The van der Waals surface area contributed by atoms with E-state index in [4.69, 9.17) is 14.2 Å². The van der Waals surface area contributed by atoms with Crippen molar-refractivity contribution in [2.75, 3.05) is 33.2 Å². The van der Waals surface area contributed by atoms with Gasteiger partial charge in [-0.05, 0) is 6.42 Å². The molecule has 0 bridgehead atoms. The summed E-state index contributed by atoms with van der Waals surface area (Å²) in [5.74, 6) is 1.98. The van der Waals surface area contributed by atoms with E-state index in [9.17, 15) is 0 Å². The Bertz CT molecular complexity index is 355. The van der Waals surface area contributed by atoms with Crippen LogP contribution in [-0.4, -0.2) is 27.9 Å². The van der Waals surface area contributed by atoms with E-state index >= 15 is 0 Å². The van der Waals surface area contributed by atoms with Gasteiger partial charge in [-0.25, -0.2) is 0 Å². The van der Waals surface area contributed by atoms with E-state index in [1.54, 1.807) is 21.3 Å². The highest BCUT2D eigenvalue weighted by Gasteiger charge is 2.12. The number of hydrogen-bond donors (Lipinski definition) is 1. The molecule has 4 heteroatoms. The third-order valence-electron chi connectivity index (χ3n) is 3.02. The molecule has 0 aromatic heterocycles. The van der Waals surface area contributed by atoms with Gasteiger partial charge in [0.25, 0.3) is 0 Å². The molecule has 108 valence electrons. The summed E-state index contributed by atoms with van der Waals surface area (Å²) in [6.45, 7) is 3.17. The van der Waals surface area contributed by atoms with Crippen LogP contribution in [0.4, 0.5) is 5.69 Å². The standard InChI is InChI=1S/C15H25NO3/c1-5-6-7-8-9-16-12-10-13(17-2)15(19-4)14(11-12)18-3/h10-11,16H,5-9H2,1-4H3. The highest BCUT2D eigenvalue weighted by atomic mass is 16.5. The molecule has 0 radical (unpaired) electrons. The average molecular weight is 267 g/mol. The molecule has 0 aliphatic carbocycles. The van der Waals surface area contributed by atoms with Crippen LogP contribution < -0.4 is 19.5 Å². The second-order valence-corrected chi connectivity index (χ2v) is 4.40. The average Bonchev–Trinajstić information content (AvgIpc) is 2.45. The zero-order chi connectivity index (χ0) is 14.1. The first-order chi connectivity index (χ1) is 9.26. The van der Waals surface area contributed by atoms with Crippen LogP contribution in [0.5, 0.6) is 17.2 Å². The second-order valence-electron chi connectivity index (χ2n) is 4.40. The van der Waals surface area contributed by atoms with Gasteiger partial charge in [0.05, 0.1) is 21.3 Å². The second kappa shape index (κ2) is 8.51. The van der Waals surface area contributed by atoms with Crippen molar-refractivity contribution < 1.29 is 14.2 Å². The summed E-state index contributed by atoms with van der Waals surface area (Å²) in [4.78, 5) is 0. The highest BCUT2D eigenvalue weighted by molar-refractivity contribution is 5.62. The van der Waals surface area contributed by atoms with E-state index in [0.29, 0.717) is 17.2 Å². The third-order valence-corrected chi connectivity index (χ3v) is 3.02. The maximum absolute atomic E-state index is 5.32. The number of ether oxygens (including phenoxy) is 3. The van der Waals surface area contributed by atoms with Crippen LogP contribution in [0.15, 0.2) is 12.1 Å². The number of unbranched alkanes of at least 4 members (excludes halogenated alkanes) is 3. The molecule has 1 rings (SSSR count). The van der Waals surface area contributed by atoms with Gasteiger partial charge in [-0.1, -0.05) is 26.2 Å². The molecule has 0 amide bonds. The minimum Gasteiger partial charge on any atom is -0.493 e. The van der Waals surface area contributed by atoms with Crippen LogP contribution >= 0.6 is 0 Å². The first-order valence-electron chi connectivity index (χ1n) is 6.80.